The van der Waals surface area contributed by atoms with E-state index in [9.17, 15) is 9.59 Å². The molecule has 0 radical (unpaired) electrons. The molecule has 0 N–H and O–H groups in total. The number of carbonyl (C=O) groups is 2. The van der Waals surface area contributed by atoms with E-state index in [0.717, 1.165) is 12.8 Å². The normalized spacial score (nSPS) is 19.3. The molecule has 0 aromatic carbocycles. The summed E-state index contributed by atoms with van der Waals surface area (Å²) in [6, 6.07) is -0.500. The van der Waals surface area contributed by atoms with Crippen molar-refractivity contribution in [2.24, 2.45) is 0 Å². The number of hydrogen-bond acceptors (Lipinski definition) is 5. The molecule has 6 nitrogen and oxygen atoms in total. The molecule has 0 spiro atoms. The molecule has 2 rings (SSSR count). The highest BCUT2D eigenvalue weighted by Crippen LogP contribution is 2.23. The predicted octanol–water partition coefficient (Wildman–Crippen LogP) is 1.46. The summed E-state index contributed by atoms with van der Waals surface area (Å²) in [5.74, 6) is -0.0807. The Bertz CT molecular complexity index is 475. The van der Waals surface area contributed by atoms with Gasteiger partial charge in [-0.3, -0.25) is 4.79 Å². The van der Waals surface area contributed by atoms with Crippen molar-refractivity contribution in [3.63, 3.8) is 0 Å². The SMILES string of the molecule is COC(=O)[C@H]1CCCCN1C(=O)c1c(C)noc1C. The summed E-state index contributed by atoms with van der Waals surface area (Å²) in [6.07, 6.45) is 2.45. The number of hydrogen-bond donors (Lipinski definition) is 0. The van der Waals surface area contributed by atoms with Gasteiger partial charge in [0.2, 0.25) is 0 Å². The molecular formula is C13H18N2O4. The fraction of sp³-hybridized carbons (Fsp3) is 0.615. The zero-order chi connectivity index (χ0) is 14.0. The molecule has 0 bridgehead atoms. The number of methoxy groups -OCH3 is 1. The van der Waals surface area contributed by atoms with Crippen molar-refractivity contribution in [2.45, 2.75) is 39.2 Å². The second kappa shape index (κ2) is 5.42. The second-order valence-electron chi connectivity index (χ2n) is 4.73. The van der Waals surface area contributed by atoms with Crippen LogP contribution < -0.4 is 0 Å². The van der Waals surface area contributed by atoms with E-state index in [-0.39, 0.29) is 11.9 Å². The highest BCUT2D eigenvalue weighted by molar-refractivity contribution is 5.98. The summed E-state index contributed by atoms with van der Waals surface area (Å²) < 4.78 is 9.79. The Morgan fingerprint density at radius 2 is 2.11 bits per heavy atom. The average Bonchev–Trinajstić information content (AvgIpc) is 2.76. The van der Waals surface area contributed by atoms with Crippen molar-refractivity contribution >= 4 is 11.9 Å². The van der Waals surface area contributed by atoms with E-state index in [0.29, 0.717) is 30.0 Å². The molecule has 6 heteroatoms. The molecule has 19 heavy (non-hydrogen) atoms. The quantitative estimate of drug-likeness (QED) is 0.758. The Morgan fingerprint density at radius 1 is 1.37 bits per heavy atom. The first kappa shape index (κ1) is 13.6. The van der Waals surface area contributed by atoms with Gasteiger partial charge in [-0.25, -0.2) is 4.79 Å². The first-order chi connectivity index (χ1) is 9.06. The van der Waals surface area contributed by atoms with Crippen LogP contribution in [-0.4, -0.2) is 41.6 Å². The van der Waals surface area contributed by atoms with E-state index in [1.165, 1.54) is 7.11 Å². The molecule has 1 fully saturated rings. The number of amides is 1. The van der Waals surface area contributed by atoms with E-state index in [2.05, 4.69) is 5.16 Å². The smallest absolute Gasteiger partial charge is 0.328 e. The van der Waals surface area contributed by atoms with Gasteiger partial charge in [-0.2, -0.15) is 0 Å². The van der Waals surface area contributed by atoms with Gasteiger partial charge in [0.1, 0.15) is 17.4 Å². The number of esters is 1. The number of nitrogens with zero attached hydrogens (tertiary/aromatic N) is 2. The lowest BCUT2D eigenvalue weighted by atomic mass is 10.0. The van der Waals surface area contributed by atoms with Crippen LogP contribution >= 0.6 is 0 Å². The van der Waals surface area contributed by atoms with Crippen LogP contribution in [-0.2, 0) is 9.53 Å². The van der Waals surface area contributed by atoms with Crippen molar-refractivity contribution in [3.05, 3.63) is 17.0 Å². The maximum atomic E-state index is 12.6. The minimum absolute atomic E-state index is 0.202. The summed E-state index contributed by atoms with van der Waals surface area (Å²) in [4.78, 5) is 25.9. The third kappa shape index (κ3) is 2.47. The minimum Gasteiger partial charge on any atom is -0.467 e. The molecule has 1 saturated heterocycles. The summed E-state index contributed by atoms with van der Waals surface area (Å²) in [6.45, 7) is 3.98. The van der Waals surface area contributed by atoms with Crippen molar-refractivity contribution in [1.82, 2.24) is 10.1 Å². The first-order valence-corrected chi connectivity index (χ1v) is 6.38. The Labute approximate surface area is 111 Å². The topological polar surface area (TPSA) is 72.6 Å². The Morgan fingerprint density at radius 3 is 2.68 bits per heavy atom. The molecule has 1 amide bonds. The van der Waals surface area contributed by atoms with Crippen LogP contribution in [0.15, 0.2) is 4.52 Å². The van der Waals surface area contributed by atoms with Crippen molar-refractivity contribution in [2.75, 3.05) is 13.7 Å². The van der Waals surface area contributed by atoms with E-state index in [1.807, 2.05) is 0 Å². The minimum atomic E-state index is -0.500. The lowest BCUT2D eigenvalue weighted by molar-refractivity contribution is -0.147. The van der Waals surface area contributed by atoms with Gasteiger partial charge in [-0.1, -0.05) is 5.16 Å². The number of aryl methyl sites for hydroxylation is 2. The molecule has 1 aromatic heterocycles. The third-order valence-corrected chi connectivity index (χ3v) is 3.48. The summed E-state index contributed by atoms with van der Waals surface area (Å²) in [5.41, 5.74) is 1.01. The van der Waals surface area contributed by atoms with Gasteiger partial charge < -0.3 is 14.2 Å². The van der Waals surface area contributed by atoms with Crippen LogP contribution in [0.5, 0.6) is 0 Å². The number of likely N-dealkylation sites (tertiary alicyclic amines) is 1. The van der Waals surface area contributed by atoms with Crippen molar-refractivity contribution < 1.29 is 18.8 Å². The van der Waals surface area contributed by atoms with Crippen LogP contribution in [0.25, 0.3) is 0 Å². The molecule has 1 atom stereocenters. The maximum Gasteiger partial charge on any atom is 0.328 e. The van der Waals surface area contributed by atoms with Gasteiger partial charge in [0.15, 0.2) is 0 Å². The Balaban J connectivity index is 2.28. The molecule has 1 aliphatic rings. The zero-order valence-corrected chi connectivity index (χ0v) is 11.4. The maximum absolute atomic E-state index is 12.6. The highest BCUT2D eigenvalue weighted by Gasteiger charge is 2.35. The molecule has 1 aromatic rings. The number of piperidine rings is 1. The van der Waals surface area contributed by atoms with Gasteiger partial charge in [-0.05, 0) is 33.1 Å². The van der Waals surface area contributed by atoms with Crippen molar-refractivity contribution in [1.29, 1.82) is 0 Å². The van der Waals surface area contributed by atoms with E-state index in [1.54, 1.807) is 18.7 Å². The van der Waals surface area contributed by atoms with E-state index in [4.69, 9.17) is 9.26 Å². The number of aromatic nitrogens is 1. The largest absolute Gasteiger partial charge is 0.467 e. The van der Waals surface area contributed by atoms with Gasteiger partial charge in [0.05, 0.1) is 12.8 Å². The van der Waals surface area contributed by atoms with E-state index < -0.39 is 6.04 Å². The Hall–Kier alpha value is -1.85. The van der Waals surface area contributed by atoms with Crippen LogP contribution in [0.4, 0.5) is 0 Å². The number of carbonyl (C=O) groups excluding carboxylic acids is 2. The lowest BCUT2D eigenvalue weighted by Crippen LogP contribution is -2.48. The molecule has 0 aliphatic carbocycles. The zero-order valence-electron chi connectivity index (χ0n) is 11.4. The standard InChI is InChI=1S/C13H18N2O4/c1-8-11(9(2)19-14-8)12(16)15-7-5-4-6-10(15)13(17)18-3/h10H,4-7H2,1-3H3/t10-/m1/s1. The molecule has 0 unspecified atom stereocenters. The first-order valence-electron chi connectivity index (χ1n) is 6.38. The molecule has 104 valence electrons. The summed E-state index contributed by atoms with van der Waals surface area (Å²) in [7, 11) is 1.34. The van der Waals surface area contributed by atoms with Gasteiger partial charge >= 0.3 is 5.97 Å². The lowest BCUT2D eigenvalue weighted by Gasteiger charge is -2.33. The molecular weight excluding hydrogens is 248 g/mol. The molecule has 0 saturated carbocycles. The summed E-state index contributed by atoms with van der Waals surface area (Å²) >= 11 is 0. The number of rotatable bonds is 2. The van der Waals surface area contributed by atoms with E-state index >= 15 is 0 Å². The molecule has 2 heterocycles. The van der Waals surface area contributed by atoms with Crippen LogP contribution in [0.1, 0.15) is 41.1 Å². The third-order valence-electron chi connectivity index (χ3n) is 3.48. The average molecular weight is 266 g/mol. The Kier molecular flexibility index (Phi) is 3.87. The monoisotopic (exact) mass is 266 g/mol. The van der Waals surface area contributed by atoms with Gasteiger partial charge in [0.25, 0.3) is 5.91 Å². The fourth-order valence-electron chi connectivity index (χ4n) is 2.49. The number of ether oxygens (including phenoxy) is 1. The van der Waals surface area contributed by atoms with Crippen LogP contribution in [0, 0.1) is 13.8 Å². The molecule has 1 aliphatic heterocycles. The highest BCUT2D eigenvalue weighted by atomic mass is 16.5. The van der Waals surface area contributed by atoms with Crippen LogP contribution in [0.3, 0.4) is 0 Å². The summed E-state index contributed by atoms with van der Waals surface area (Å²) in [5, 5.41) is 3.78. The fourth-order valence-corrected chi connectivity index (χ4v) is 2.49. The van der Waals surface area contributed by atoms with Gasteiger partial charge in [0, 0.05) is 6.54 Å². The second-order valence-corrected chi connectivity index (χ2v) is 4.73. The predicted molar refractivity (Wildman–Crippen MR) is 66.7 cm³/mol. The van der Waals surface area contributed by atoms with Gasteiger partial charge in [-0.15, -0.1) is 0 Å². The van der Waals surface area contributed by atoms with Crippen molar-refractivity contribution in [3.8, 4) is 0 Å². The van der Waals surface area contributed by atoms with Crippen LogP contribution in [0.2, 0.25) is 0 Å².